The molecule has 0 radical (unpaired) electrons. The summed E-state index contributed by atoms with van der Waals surface area (Å²) in [4.78, 5) is 12.2. The van der Waals surface area contributed by atoms with Crippen LogP contribution in [0.4, 0.5) is 5.69 Å². The van der Waals surface area contributed by atoms with Gasteiger partial charge in [0.1, 0.15) is 0 Å². The minimum Gasteiger partial charge on any atom is -0.398 e. The third-order valence-electron chi connectivity index (χ3n) is 2.96. The van der Waals surface area contributed by atoms with E-state index < -0.39 is 0 Å². The number of carbonyl (C=O) groups excluding carboxylic acids is 1. The van der Waals surface area contributed by atoms with Crippen molar-refractivity contribution in [2.24, 2.45) is 0 Å². The van der Waals surface area contributed by atoms with Gasteiger partial charge >= 0.3 is 0 Å². The first kappa shape index (κ1) is 14.9. The van der Waals surface area contributed by atoms with Crippen LogP contribution < -0.4 is 11.1 Å². The molecule has 3 nitrogen and oxygen atoms in total. The van der Waals surface area contributed by atoms with Crippen molar-refractivity contribution in [2.45, 2.75) is 13.0 Å². The molecule has 1 amide bonds. The van der Waals surface area contributed by atoms with E-state index in [9.17, 15) is 4.79 Å². The number of hydrogen-bond acceptors (Lipinski definition) is 2. The van der Waals surface area contributed by atoms with Gasteiger partial charge in [0, 0.05) is 20.7 Å². The SMILES string of the molecule is C[C@@H](NC(=O)c1ccc(N)c(Br)c1)c1cccc(Cl)c1. The minimum atomic E-state index is -0.154. The monoisotopic (exact) mass is 352 g/mol. The first-order valence-corrected chi connectivity index (χ1v) is 7.26. The first-order valence-electron chi connectivity index (χ1n) is 6.08. The zero-order valence-electron chi connectivity index (χ0n) is 10.9. The van der Waals surface area contributed by atoms with Crippen molar-refractivity contribution in [3.63, 3.8) is 0 Å². The van der Waals surface area contributed by atoms with E-state index >= 15 is 0 Å². The Morgan fingerprint density at radius 3 is 2.70 bits per heavy atom. The molecule has 0 unspecified atom stereocenters. The molecule has 0 aromatic heterocycles. The molecule has 2 rings (SSSR count). The Morgan fingerprint density at radius 2 is 2.05 bits per heavy atom. The van der Waals surface area contributed by atoms with Crippen molar-refractivity contribution in [2.75, 3.05) is 5.73 Å². The molecule has 104 valence electrons. The Balaban J connectivity index is 2.13. The van der Waals surface area contributed by atoms with Gasteiger partial charge in [0.2, 0.25) is 0 Å². The van der Waals surface area contributed by atoms with E-state index in [2.05, 4.69) is 21.2 Å². The first-order chi connectivity index (χ1) is 9.47. The number of rotatable bonds is 3. The van der Waals surface area contributed by atoms with Crippen molar-refractivity contribution in [1.82, 2.24) is 5.32 Å². The number of benzene rings is 2. The van der Waals surface area contributed by atoms with Crippen LogP contribution in [-0.2, 0) is 0 Å². The molecule has 20 heavy (non-hydrogen) atoms. The zero-order valence-corrected chi connectivity index (χ0v) is 13.2. The van der Waals surface area contributed by atoms with E-state index in [0.29, 0.717) is 20.7 Å². The topological polar surface area (TPSA) is 55.1 Å². The highest BCUT2D eigenvalue weighted by atomic mass is 79.9. The van der Waals surface area contributed by atoms with Crippen LogP contribution in [0.25, 0.3) is 0 Å². The fourth-order valence-corrected chi connectivity index (χ4v) is 2.39. The van der Waals surface area contributed by atoms with E-state index in [1.54, 1.807) is 24.3 Å². The van der Waals surface area contributed by atoms with Gasteiger partial charge in [-0.2, -0.15) is 0 Å². The van der Waals surface area contributed by atoms with Gasteiger partial charge in [-0.05, 0) is 58.7 Å². The van der Waals surface area contributed by atoms with E-state index in [1.807, 2.05) is 25.1 Å². The smallest absolute Gasteiger partial charge is 0.251 e. The van der Waals surface area contributed by atoms with E-state index in [1.165, 1.54) is 0 Å². The van der Waals surface area contributed by atoms with Crippen molar-refractivity contribution in [3.8, 4) is 0 Å². The molecule has 2 aromatic rings. The fraction of sp³-hybridized carbons (Fsp3) is 0.133. The minimum absolute atomic E-state index is 0.127. The Hall–Kier alpha value is -1.52. The average molecular weight is 354 g/mol. The molecule has 0 aliphatic carbocycles. The summed E-state index contributed by atoms with van der Waals surface area (Å²) in [5, 5.41) is 3.58. The van der Waals surface area contributed by atoms with Gasteiger partial charge in [-0.1, -0.05) is 23.7 Å². The van der Waals surface area contributed by atoms with Crippen LogP contribution in [0, 0.1) is 0 Å². The van der Waals surface area contributed by atoms with E-state index in [0.717, 1.165) is 5.56 Å². The van der Waals surface area contributed by atoms with Gasteiger partial charge in [-0.25, -0.2) is 0 Å². The van der Waals surface area contributed by atoms with Crippen LogP contribution in [0.5, 0.6) is 0 Å². The lowest BCUT2D eigenvalue weighted by molar-refractivity contribution is 0.0940. The molecule has 1 atom stereocenters. The Morgan fingerprint density at radius 1 is 1.30 bits per heavy atom. The summed E-state index contributed by atoms with van der Waals surface area (Å²) in [7, 11) is 0. The lowest BCUT2D eigenvalue weighted by Crippen LogP contribution is -2.26. The molecule has 0 aliphatic heterocycles. The standard InChI is InChI=1S/C15H14BrClN2O/c1-9(10-3-2-4-12(17)7-10)19-15(20)11-5-6-14(18)13(16)8-11/h2-9H,18H2,1H3,(H,19,20)/t9-/m1/s1. The molecule has 3 N–H and O–H groups in total. The predicted octanol–water partition coefficient (Wildman–Crippen LogP) is 4.18. The van der Waals surface area contributed by atoms with Gasteiger partial charge in [0.05, 0.1) is 6.04 Å². The van der Waals surface area contributed by atoms with Gasteiger partial charge in [-0.15, -0.1) is 0 Å². The molecular formula is C15H14BrClN2O. The van der Waals surface area contributed by atoms with Crippen molar-refractivity contribution in [1.29, 1.82) is 0 Å². The number of amides is 1. The molecule has 0 fully saturated rings. The van der Waals surface area contributed by atoms with Crippen molar-refractivity contribution >= 4 is 39.1 Å². The third kappa shape index (κ3) is 3.52. The van der Waals surface area contributed by atoms with Crippen LogP contribution in [-0.4, -0.2) is 5.91 Å². The number of nitrogens with one attached hydrogen (secondary N) is 1. The van der Waals surface area contributed by atoms with Crippen LogP contribution in [0.1, 0.15) is 28.9 Å². The summed E-state index contributed by atoms with van der Waals surface area (Å²) in [6, 6.07) is 12.4. The number of anilines is 1. The highest BCUT2D eigenvalue weighted by Crippen LogP contribution is 2.22. The summed E-state index contributed by atoms with van der Waals surface area (Å²) in [5.41, 5.74) is 7.82. The van der Waals surface area contributed by atoms with E-state index in [-0.39, 0.29) is 11.9 Å². The van der Waals surface area contributed by atoms with Crippen molar-refractivity contribution in [3.05, 3.63) is 63.1 Å². The van der Waals surface area contributed by atoms with Gasteiger partial charge < -0.3 is 11.1 Å². The summed E-state index contributed by atoms with van der Waals surface area (Å²) < 4.78 is 0.709. The molecule has 0 bridgehead atoms. The Labute approximate surface area is 131 Å². The number of carbonyl (C=O) groups is 1. The molecule has 0 spiro atoms. The van der Waals surface area contributed by atoms with Crippen molar-refractivity contribution < 1.29 is 4.79 Å². The normalized spacial score (nSPS) is 11.9. The quantitative estimate of drug-likeness (QED) is 0.813. The maximum Gasteiger partial charge on any atom is 0.251 e. The summed E-state index contributed by atoms with van der Waals surface area (Å²) in [6.07, 6.45) is 0. The molecule has 0 saturated heterocycles. The second kappa shape index (κ2) is 6.29. The maximum atomic E-state index is 12.2. The number of nitrogen functional groups attached to an aromatic ring is 1. The lowest BCUT2D eigenvalue weighted by atomic mass is 10.1. The molecular weight excluding hydrogens is 340 g/mol. The second-order valence-corrected chi connectivity index (χ2v) is 5.78. The van der Waals surface area contributed by atoms with Gasteiger partial charge in [-0.3, -0.25) is 4.79 Å². The third-order valence-corrected chi connectivity index (χ3v) is 3.88. The van der Waals surface area contributed by atoms with Crippen LogP contribution in [0.2, 0.25) is 5.02 Å². The fourth-order valence-electron chi connectivity index (χ4n) is 1.81. The summed E-state index contributed by atoms with van der Waals surface area (Å²) >= 11 is 9.26. The van der Waals surface area contributed by atoms with Crippen LogP contribution in [0.15, 0.2) is 46.9 Å². The Bertz CT molecular complexity index is 646. The molecule has 2 aromatic carbocycles. The maximum absolute atomic E-state index is 12.2. The summed E-state index contributed by atoms with van der Waals surface area (Å²) in [6.45, 7) is 1.91. The number of nitrogens with two attached hydrogens (primary N) is 1. The van der Waals surface area contributed by atoms with Crippen LogP contribution in [0.3, 0.4) is 0 Å². The second-order valence-electron chi connectivity index (χ2n) is 4.49. The summed E-state index contributed by atoms with van der Waals surface area (Å²) in [5.74, 6) is -0.154. The van der Waals surface area contributed by atoms with Crippen LogP contribution >= 0.6 is 27.5 Å². The number of halogens is 2. The van der Waals surface area contributed by atoms with Gasteiger partial charge in [0.15, 0.2) is 0 Å². The molecule has 5 heteroatoms. The zero-order chi connectivity index (χ0) is 14.7. The van der Waals surface area contributed by atoms with E-state index in [4.69, 9.17) is 17.3 Å². The average Bonchev–Trinajstić information content (AvgIpc) is 2.41. The highest BCUT2D eigenvalue weighted by Gasteiger charge is 2.12. The largest absolute Gasteiger partial charge is 0.398 e. The predicted molar refractivity (Wildman–Crippen MR) is 85.9 cm³/mol. The Kier molecular flexibility index (Phi) is 4.68. The lowest BCUT2D eigenvalue weighted by Gasteiger charge is -2.15. The molecule has 0 heterocycles. The molecule has 0 aliphatic rings. The molecule has 0 saturated carbocycles. The highest BCUT2D eigenvalue weighted by molar-refractivity contribution is 9.10. The van der Waals surface area contributed by atoms with Gasteiger partial charge in [0.25, 0.3) is 5.91 Å². The number of hydrogen-bond donors (Lipinski definition) is 2.